The van der Waals surface area contributed by atoms with Gasteiger partial charge in [0.05, 0.1) is 5.25 Å². The van der Waals surface area contributed by atoms with Gasteiger partial charge >= 0.3 is 0 Å². The molecule has 2 aromatic heterocycles. The number of anilines is 1. The van der Waals surface area contributed by atoms with Gasteiger partial charge in [-0.25, -0.2) is 0 Å². The van der Waals surface area contributed by atoms with Crippen molar-refractivity contribution in [3.8, 4) is 11.4 Å². The third-order valence-corrected chi connectivity index (χ3v) is 5.19. The zero-order valence-electron chi connectivity index (χ0n) is 16.2. The smallest absolute Gasteiger partial charge is 0.221 e. The van der Waals surface area contributed by atoms with Gasteiger partial charge in [-0.05, 0) is 43.3 Å². The first-order valence-corrected chi connectivity index (χ1v) is 9.90. The van der Waals surface area contributed by atoms with E-state index in [0.717, 1.165) is 5.56 Å². The Labute approximate surface area is 173 Å². The highest BCUT2D eigenvalue weighted by atomic mass is 32.2. The number of thioether (sulfide) groups is 1. The third kappa shape index (κ3) is 4.97. The number of carbonyl (C=O) groups excluding carboxylic acids is 2. The van der Waals surface area contributed by atoms with Crippen LogP contribution in [0.1, 0.15) is 24.2 Å². The number of aromatic nitrogens is 4. The second-order valence-corrected chi connectivity index (χ2v) is 7.63. The Morgan fingerprint density at radius 2 is 1.86 bits per heavy atom. The molecule has 1 amide bonds. The van der Waals surface area contributed by atoms with Gasteiger partial charge in [-0.15, -0.1) is 16.8 Å². The Kier molecular flexibility index (Phi) is 6.56. The molecule has 0 spiro atoms. The number of pyridine rings is 1. The zero-order valence-corrected chi connectivity index (χ0v) is 17.0. The predicted octanol–water partition coefficient (Wildman–Crippen LogP) is 3.85. The summed E-state index contributed by atoms with van der Waals surface area (Å²) in [6.07, 6.45) is 5.17. The summed E-state index contributed by atoms with van der Waals surface area (Å²) in [5, 5.41) is 11.5. The number of nitrogens with zero attached hydrogens (tertiary/aromatic N) is 4. The van der Waals surface area contributed by atoms with Gasteiger partial charge in [-0.3, -0.25) is 19.1 Å². The summed E-state index contributed by atoms with van der Waals surface area (Å²) >= 11 is 1.35. The van der Waals surface area contributed by atoms with E-state index in [9.17, 15) is 9.59 Å². The van der Waals surface area contributed by atoms with Crippen molar-refractivity contribution < 1.29 is 9.59 Å². The lowest BCUT2D eigenvalue weighted by atomic mass is 10.1. The number of rotatable bonds is 8. The van der Waals surface area contributed by atoms with E-state index in [2.05, 4.69) is 27.1 Å². The molecule has 0 aliphatic carbocycles. The molecule has 2 heterocycles. The molecule has 3 aromatic rings. The quantitative estimate of drug-likeness (QED) is 0.347. The van der Waals surface area contributed by atoms with E-state index in [0.29, 0.717) is 28.8 Å². The molecule has 0 aliphatic rings. The van der Waals surface area contributed by atoms with Crippen LogP contribution in [0.4, 0.5) is 5.69 Å². The highest BCUT2D eigenvalue weighted by Crippen LogP contribution is 2.28. The number of ketones is 1. The molecule has 0 aliphatic heterocycles. The van der Waals surface area contributed by atoms with E-state index in [1.165, 1.54) is 18.7 Å². The van der Waals surface area contributed by atoms with Gasteiger partial charge < -0.3 is 5.32 Å². The van der Waals surface area contributed by atoms with Crippen molar-refractivity contribution in [2.75, 3.05) is 5.32 Å². The molecule has 29 heavy (non-hydrogen) atoms. The van der Waals surface area contributed by atoms with Crippen molar-refractivity contribution in [2.24, 2.45) is 0 Å². The molecule has 0 bridgehead atoms. The van der Waals surface area contributed by atoms with Gasteiger partial charge in [0, 0.05) is 42.7 Å². The lowest BCUT2D eigenvalue weighted by Crippen LogP contribution is -2.15. The minimum Gasteiger partial charge on any atom is -0.326 e. The van der Waals surface area contributed by atoms with Crippen LogP contribution in [0.15, 0.2) is 66.6 Å². The summed E-state index contributed by atoms with van der Waals surface area (Å²) in [5.74, 6) is 0.525. The van der Waals surface area contributed by atoms with Crippen molar-refractivity contribution in [3.05, 3.63) is 67.0 Å². The largest absolute Gasteiger partial charge is 0.326 e. The minimum absolute atomic E-state index is 0.0250. The summed E-state index contributed by atoms with van der Waals surface area (Å²) in [4.78, 5) is 28.0. The highest BCUT2D eigenvalue weighted by molar-refractivity contribution is 8.00. The molecule has 148 valence electrons. The van der Waals surface area contributed by atoms with E-state index in [-0.39, 0.29) is 16.9 Å². The fourth-order valence-electron chi connectivity index (χ4n) is 2.75. The Morgan fingerprint density at radius 3 is 2.48 bits per heavy atom. The molecule has 0 fully saturated rings. The summed E-state index contributed by atoms with van der Waals surface area (Å²) in [7, 11) is 0. The average Bonchev–Trinajstić information content (AvgIpc) is 3.11. The van der Waals surface area contributed by atoms with E-state index in [1.54, 1.807) is 42.7 Å². The van der Waals surface area contributed by atoms with Crippen molar-refractivity contribution in [3.63, 3.8) is 0 Å². The first kappa shape index (κ1) is 20.5. The van der Waals surface area contributed by atoms with Gasteiger partial charge in [0.25, 0.3) is 0 Å². The summed E-state index contributed by atoms with van der Waals surface area (Å²) in [6.45, 7) is 7.62. The van der Waals surface area contributed by atoms with E-state index < -0.39 is 0 Å². The molecule has 1 unspecified atom stereocenters. The van der Waals surface area contributed by atoms with Crippen LogP contribution in [0.25, 0.3) is 11.4 Å². The number of carbonyl (C=O) groups is 2. The topological polar surface area (TPSA) is 89.8 Å². The normalized spacial score (nSPS) is 11.7. The first-order chi connectivity index (χ1) is 14.0. The Morgan fingerprint density at radius 1 is 1.17 bits per heavy atom. The van der Waals surface area contributed by atoms with Crippen LogP contribution < -0.4 is 5.32 Å². The number of nitrogens with one attached hydrogen (secondary N) is 1. The second-order valence-electron chi connectivity index (χ2n) is 6.32. The van der Waals surface area contributed by atoms with Crippen LogP contribution in [0.2, 0.25) is 0 Å². The van der Waals surface area contributed by atoms with Gasteiger partial charge in [-0.2, -0.15) is 0 Å². The molecular formula is C21H21N5O2S. The standard InChI is InChI=1S/C21H21N5O2S/c1-4-13-26-20(17-9-11-22-12-10-17)24-25-21(26)29-14(2)19(28)16-5-7-18(8-6-16)23-15(3)27/h4-12,14H,1,13H2,2-3H3,(H,23,27). The lowest BCUT2D eigenvalue weighted by Gasteiger charge is -2.12. The third-order valence-electron chi connectivity index (χ3n) is 4.11. The van der Waals surface area contributed by atoms with E-state index >= 15 is 0 Å². The van der Waals surface area contributed by atoms with Crippen molar-refractivity contribution in [1.82, 2.24) is 19.7 Å². The van der Waals surface area contributed by atoms with Gasteiger partial charge in [0.2, 0.25) is 5.91 Å². The fraction of sp³-hybridized carbons (Fsp3) is 0.190. The molecule has 0 radical (unpaired) electrons. The van der Waals surface area contributed by atoms with Crippen LogP contribution >= 0.6 is 11.8 Å². The van der Waals surface area contributed by atoms with Gasteiger partial charge in [0.15, 0.2) is 16.8 Å². The molecule has 1 N–H and O–H groups in total. The highest BCUT2D eigenvalue weighted by Gasteiger charge is 2.21. The molecule has 1 aromatic carbocycles. The maximum atomic E-state index is 12.8. The first-order valence-electron chi connectivity index (χ1n) is 9.02. The van der Waals surface area contributed by atoms with E-state index in [4.69, 9.17) is 0 Å². The lowest BCUT2D eigenvalue weighted by molar-refractivity contribution is -0.114. The number of hydrogen-bond acceptors (Lipinski definition) is 6. The molecular weight excluding hydrogens is 386 g/mol. The van der Waals surface area contributed by atoms with Crippen molar-refractivity contribution in [2.45, 2.75) is 30.8 Å². The monoisotopic (exact) mass is 407 g/mol. The number of Topliss-reactive ketones (excluding diaryl/α,β-unsaturated/α-hetero) is 1. The summed E-state index contributed by atoms with van der Waals surface area (Å²) < 4.78 is 1.93. The van der Waals surface area contributed by atoms with Gasteiger partial charge in [-0.1, -0.05) is 17.8 Å². The van der Waals surface area contributed by atoms with Crippen LogP contribution in [0.5, 0.6) is 0 Å². The molecule has 0 saturated carbocycles. The average molecular weight is 407 g/mol. The fourth-order valence-corrected chi connectivity index (χ4v) is 3.69. The van der Waals surface area contributed by atoms with Crippen LogP contribution in [0.3, 0.4) is 0 Å². The second kappa shape index (κ2) is 9.29. The maximum Gasteiger partial charge on any atom is 0.221 e. The number of amides is 1. The van der Waals surface area contributed by atoms with E-state index in [1.807, 2.05) is 23.6 Å². The van der Waals surface area contributed by atoms with Crippen LogP contribution in [0, 0.1) is 0 Å². The molecule has 8 heteroatoms. The Bertz CT molecular complexity index is 1020. The maximum absolute atomic E-state index is 12.8. The Hall–Kier alpha value is -3.26. The summed E-state index contributed by atoms with van der Waals surface area (Å²) in [6, 6.07) is 10.6. The minimum atomic E-state index is -0.361. The summed E-state index contributed by atoms with van der Waals surface area (Å²) in [5.41, 5.74) is 2.12. The Balaban J connectivity index is 1.78. The predicted molar refractivity (Wildman–Crippen MR) is 114 cm³/mol. The van der Waals surface area contributed by atoms with Gasteiger partial charge in [0.1, 0.15) is 0 Å². The molecule has 0 saturated heterocycles. The van der Waals surface area contributed by atoms with Crippen molar-refractivity contribution in [1.29, 1.82) is 0 Å². The van der Waals surface area contributed by atoms with Crippen LogP contribution in [-0.4, -0.2) is 36.7 Å². The number of allylic oxidation sites excluding steroid dienone is 1. The zero-order chi connectivity index (χ0) is 20.8. The van der Waals surface area contributed by atoms with Crippen LogP contribution in [-0.2, 0) is 11.3 Å². The molecule has 1 atom stereocenters. The number of hydrogen-bond donors (Lipinski definition) is 1. The number of benzene rings is 1. The SMILES string of the molecule is C=CCn1c(SC(C)C(=O)c2ccc(NC(C)=O)cc2)nnc1-c1ccncc1. The van der Waals surface area contributed by atoms with Crippen molar-refractivity contribution >= 4 is 29.1 Å². The molecule has 3 rings (SSSR count). The molecule has 7 nitrogen and oxygen atoms in total.